The molecule has 20 heavy (non-hydrogen) atoms. The molecule has 1 aromatic carbocycles. The van der Waals surface area contributed by atoms with Crippen molar-refractivity contribution in [3.05, 3.63) is 35.9 Å². The summed E-state index contributed by atoms with van der Waals surface area (Å²) in [7, 11) is 0. The van der Waals surface area contributed by atoms with Gasteiger partial charge in [-0.05, 0) is 39.2 Å². The largest absolute Gasteiger partial charge is 0.375 e. The number of nitriles is 1. The molecule has 0 aromatic heterocycles. The van der Waals surface area contributed by atoms with E-state index in [1.807, 2.05) is 25.1 Å². The highest BCUT2D eigenvalue weighted by molar-refractivity contribution is 5.36. The van der Waals surface area contributed by atoms with E-state index in [1.54, 1.807) is 0 Å². The Morgan fingerprint density at radius 1 is 1.35 bits per heavy atom. The molecule has 1 aromatic rings. The Balaban J connectivity index is 1.89. The normalized spacial score (nSPS) is 25.8. The molecule has 3 nitrogen and oxygen atoms in total. The van der Waals surface area contributed by atoms with Gasteiger partial charge in [-0.15, -0.1) is 0 Å². The summed E-state index contributed by atoms with van der Waals surface area (Å²) in [6, 6.07) is 13.1. The van der Waals surface area contributed by atoms with Crippen molar-refractivity contribution >= 4 is 0 Å². The fourth-order valence-electron chi connectivity index (χ4n) is 2.91. The summed E-state index contributed by atoms with van der Waals surface area (Å²) in [5.41, 5.74) is 0.700. The number of ether oxygens (including phenoxy) is 1. The second-order valence-electron chi connectivity index (χ2n) is 6.24. The van der Waals surface area contributed by atoms with Crippen molar-refractivity contribution in [3.8, 4) is 6.07 Å². The Bertz CT molecular complexity index is 470. The first-order valence-electron chi connectivity index (χ1n) is 7.35. The highest BCUT2D eigenvalue weighted by Gasteiger charge is 2.46. The van der Waals surface area contributed by atoms with Gasteiger partial charge in [-0.2, -0.15) is 5.26 Å². The molecular weight excluding hydrogens is 248 g/mol. The molecule has 108 valence electrons. The van der Waals surface area contributed by atoms with E-state index in [0.717, 1.165) is 31.6 Å². The topological polar surface area (TPSA) is 45.0 Å². The van der Waals surface area contributed by atoms with Crippen molar-refractivity contribution in [2.24, 2.45) is 0 Å². The highest BCUT2D eigenvalue weighted by atomic mass is 16.5. The van der Waals surface area contributed by atoms with Crippen molar-refractivity contribution in [2.45, 2.75) is 50.7 Å². The van der Waals surface area contributed by atoms with E-state index >= 15 is 0 Å². The Morgan fingerprint density at radius 2 is 2.00 bits per heavy atom. The molecule has 0 aliphatic heterocycles. The Labute approximate surface area is 121 Å². The summed E-state index contributed by atoms with van der Waals surface area (Å²) < 4.78 is 5.68. The first-order valence-corrected chi connectivity index (χ1v) is 7.35. The number of nitrogens with zero attached hydrogens (tertiary/aromatic N) is 1. The van der Waals surface area contributed by atoms with E-state index in [4.69, 9.17) is 4.74 Å². The summed E-state index contributed by atoms with van der Waals surface area (Å²) in [5, 5.41) is 13.0. The van der Waals surface area contributed by atoms with Crippen LogP contribution in [0.15, 0.2) is 30.3 Å². The molecule has 1 saturated carbocycles. The maximum Gasteiger partial charge on any atom is 0.0852 e. The molecule has 0 saturated heterocycles. The van der Waals surface area contributed by atoms with Crippen LogP contribution in [-0.4, -0.2) is 24.8 Å². The third-order valence-corrected chi connectivity index (χ3v) is 4.08. The molecule has 0 amide bonds. The summed E-state index contributed by atoms with van der Waals surface area (Å²) >= 11 is 0. The predicted molar refractivity (Wildman–Crippen MR) is 80.5 cm³/mol. The lowest BCUT2D eigenvalue weighted by Gasteiger charge is -2.44. The van der Waals surface area contributed by atoms with Crippen molar-refractivity contribution in [2.75, 3.05) is 13.2 Å². The number of benzene rings is 1. The van der Waals surface area contributed by atoms with Gasteiger partial charge in [0.05, 0.1) is 17.1 Å². The van der Waals surface area contributed by atoms with Gasteiger partial charge >= 0.3 is 0 Å². The highest BCUT2D eigenvalue weighted by Crippen LogP contribution is 2.43. The minimum atomic E-state index is -0.297. The van der Waals surface area contributed by atoms with Crippen LogP contribution in [0.25, 0.3) is 0 Å². The van der Waals surface area contributed by atoms with E-state index < -0.39 is 0 Å². The van der Waals surface area contributed by atoms with Crippen LogP contribution in [0.5, 0.6) is 0 Å². The Kier molecular flexibility index (Phi) is 4.47. The van der Waals surface area contributed by atoms with Crippen LogP contribution in [0, 0.1) is 11.3 Å². The van der Waals surface area contributed by atoms with Crippen LogP contribution in [0.3, 0.4) is 0 Å². The standard InChI is InChI=1S/C17H24N2O/c1-4-20-16(2,3)13-19-15-10-17(11-15,12-18)14-8-6-5-7-9-14/h5-9,15,19H,4,10-11,13H2,1-3H3. The van der Waals surface area contributed by atoms with Gasteiger partial charge < -0.3 is 10.1 Å². The summed E-state index contributed by atoms with van der Waals surface area (Å²) in [6.45, 7) is 7.75. The third kappa shape index (κ3) is 3.20. The molecular formula is C17H24N2O. The maximum atomic E-state index is 9.52. The van der Waals surface area contributed by atoms with Gasteiger partial charge in [-0.3, -0.25) is 0 Å². The average molecular weight is 272 g/mol. The number of hydrogen-bond donors (Lipinski definition) is 1. The SMILES string of the molecule is CCOC(C)(C)CNC1CC(C#N)(c2ccccc2)C1. The van der Waals surface area contributed by atoms with E-state index in [-0.39, 0.29) is 11.0 Å². The lowest BCUT2D eigenvalue weighted by molar-refractivity contribution is -0.0138. The molecule has 0 radical (unpaired) electrons. The average Bonchev–Trinajstić information content (AvgIpc) is 2.39. The molecule has 3 heteroatoms. The van der Waals surface area contributed by atoms with Crippen molar-refractivity contribution in [1.29, 1.82) is 5.26 Å². The zero-order valence-corrected chi connectivity index (χ0v) is 12.6. The Morgan fingerprint density at radius 3 is 2.55 bits per heavy atom. The van der Waals surface area contributed by atoms with E-state index in [1.165, 1.54) is 0 Å². The lowest BCUT2D eigenvalue weighted by atomic mass is 9.62. The Hall–Kier alpha value is -1.37. The minimum Gasteiger partial charge on any atom is -0.375 e. The first kappa shape index (κ1) is 15.0. The van der Waals surface area contributed by atoms with Crippen LogP contribution in [0.4, 0.5) is 0 Å². The molecule has 1 aliphatic rings. The van der Waals surface area contributed by atoms with E-state index in [0.29, 0.717) is 6.04 Å². The van der Waals surface area contributed by atoms with E-state index in [2.05, 4.69) is 37.4 Å². The van der Waals surface area contributed by atoms with Crippen LogP contribution in [0.2, 0.25) is 0 Å². The van der Waals surface area contributed by atoms with Crippen LogP contribution in [0.1, 0.15) is 39.2 Å². The van der Waals surface area contributed by atoms with E-state index in [9.17, 15) is 5.26 Å². The van der Waals surface area contributed by atoms with Crippen LogP contribution < -0.4 is 5.32 Å². The minimum absolute atomic E-state index is 0.146. The molecule has 1 N–H and O–H groups in total. The van der Waals surface area contributed by atoms with Crippen LogP contribution in [-0.2, 0) is 10.2 Å². The third-order valence-electron chi connectivity index (χ3n) is 4.08. The van der Waals surface area contributed by atoms with Gasteiger partial charge in [0.25, 0.3) is 0 Å². The van der Waals surface area contributed by atoms with Gasteiger partial charge in [0, 0.05) is 19.2 Å². The summed E-state index contributed by atoms with van der Waals surface area (Å²) in [4.78, 5) is 0. The quantitative estimate of drug-likeness (QED) is 0.866. The van der Waals surface area contributed by atoms with Crippen molar-refractivity contribution < 1.29 is 4.74 Å². The van der Waals surface area contributed by atoms with Gasteiger partial charge in [0.15, 0.2) is 0 Å². The maximum absolute atomic E-state index is 9.52. The van der Waals surface area contributed by atoms with Crippen molar-refractivity contribution in [3.63, 3.8) is 0 Å². The second-order valence-corrected chi connectivity index (χ2v) is 6.24. The summed E-state index contributed by atoms with van der Waals surface area (Å²) in [6.07, 6.45) is 1.77. The number of hydrogen-bond acceptors (Lipinski definition) is 3. The lowest BCUT2D eigenvalue weighted by Crippen LogP contribution is -2.54. The van der Waals surface area contributed by atoms with Gasteiger partial charge in [0.2, 0.25) is 0 Å². The predicted octanol–water partition coefficient (Wildman–Crippen LogP) is 3.02. The molecule has 0 heterocycles. The fraction of sp³-hybridized carbons (Fsp3) is 0.588. The smallest absolute Gasteiger partial charge is 0.0852 e. The molecule has 0 atom stereocenters. The molecule has 1 fully saturated rings. The summed E-state index contributed by atoms with van der Waals surface area (Å²) in [5.74, 6) is 0. The zero-order valence-electron chi connectivity index (χ0n) is 12.6. The molecule has 2 rings (SSSR count). The van der Waals surface area contributed by atoms with Crippen LogP contribution >= 0.6 is 0 Å². The fourth-order valence-corrected chi connectivity index (χ4v) is 2.91. The number of nitrogens with one attached hydrogen (secondary N) is 1. The first-order chi connectivity index (χ1) is 9.51. The molecule has 0 spiro atoms. The van der Waals surface area contributed by atoms with Gasteiger partial charge in [0.1, 0.15) is 0 Å². The monoisotopic (exact) mass is 272 g/mol. The number of rotatable bonds is 6. The van der Waals surface area contributed by atoms with Gasteiger partial charge in [-0.25, -0.2) is 0 Å². The second kappa shape index (κ2) is 5.95. The molecule has 0 unspecified atom stereocenters. The van der Waals surface area contributed by atoms with Gasteiger partial charge in [-0.1, -0.05) is 30.3 Å². The van der Waals surface area contributed by atoms with Crippen molar-refractivity contribution in [1.82, 2.24) is 5.32 Å². The molecule has 0 bridgehead atoms. The zero-order chi connectivity index (χ0) is 14.6. The molecule has 1 aliphatic carbocycles.